The Morgan fingerprint density at radius 2 is 1.70 bits per heavy atom. The predicted octanol–water partition coefficient (Wildman–Crippen LogP) is 5.81. The quantitative estimate of drug-likeness (QED) is 0.214. The summed E-state index contributed by atoms with van der Waals surface area (Å²) in [5.74, 6) is -3.73. The summed E-state index contributed by atoms with van der Waals surface area (Å²) in [6.45, 7) is 1.83. The number of nitrogens with zero attached hydrogens (tertiary/aromatic N) is 1. The van der Waals surface area contributed by atoms with Crippen LogP contribution in [0.3, 0.4) is 0 Å². The number of methoxy groups -OCH3 is 1. The largest absolute Gasteiger partial charge is 0.496 e. The van der Waals surface area contributed by atoms with Crippen molar-refractivity contribution in [2.45, 2.75) is 24.9 Å². The number of H-pyrrole nitrogens is 1. The van der Waals surface area contributed by atoms with Crippen LogP contribution >= 0.6 is 11.6 Å². The van der Waals surface area contributed by atoms with E-state index in [4.69, 9.17) is 16.3 Å². The number of imide groups is 1. The average molecular weight is 594 g/mol. The molecule has 216 valence electrons. The van der Waals surface area contributed by atoms with Crippen LogP contribution in [0, 0.1) is 18.8 Å². The molecule has 0 aliphatic carbocycles. The number of carboxylic acids is 1. The molecule has 0 saturated carbocycles. The number of nitrogens with one attached hydrogen (secondary N) is 2. The van der Waals surface area contributed by atoms with Gasteiger partial charge in [-0.1, -0.05) is 66.2 Å². The molecule has 5 aromatic rings. The lowest BCUT2D eigenvalue weighted by molar-refractivity contribution is -0.148. The van der Waals surface area contributed by atoms with Gasteiger partial charge in [0.15, 0.2) is 0 Å². The summed E-state index contributed by atoms with van der Waals surface area (Å²) in [5, 5.41) is 17.3. The molecule has 4 atom stereocenters. The van der Waals surface area contributed by atoms with E-state index in [0.29, 0.717) is 16.5 Å². The van der Waals surface area contributed by atoms with E-state index < -0.39 is 41.2 Å². The summed E-state index contributed by atoms with van der Waals surface area (Å²) in [7, 11) is 1.59. The maximum absolute atomic E-state index is 14.4. The fourth-order valence-electron chi connectivity index (χ4n) is 7.00. The third-order valence-corrected chi connectivity index (χ3v) is 9.47. The Morgan fingerprint density at radius 1 is 0.977 bits per heavy atom. The van der Waals surface area contributed by atoms with Crippen LogP contribution < -0.4 is 15.0 Å². The van der Waals surface area contributed by atoms with Gasteiger partial charge in [-0.2, -0.15) is 0 Å². The molecule has 8 nitrogen and oxygen atoms in total. The summed E-state index contributed by atoms with van der Waals surface area (Å²) >= 11 is 6.41. The first-order chi connectivity index (χ1) is 20.7. The first-order valence-corrected chi connectivity index (χ1v) is 14.4. The van der Waals surface area contributed by atoms with Crippen molar-refractivity contribution in [2.24, 2.45) is 11.8 Å². The number of aromatic nitrogens is 1. The number of aromatic amines is 1. The zero-order valence-electron chi connectivity index (χ0n) is 23.4. The van der Waals surface area contributed by atoms with Crippen molar-refractivity contribution >= 4 is 56.7 Å². The van der Waals surface area contributed by atoms with E-state index in [2.05, 4.69) is 10.3 Å². The van der Waals surface area contributed by atoms with Gasteiger partial charge in [0.05, 0.1) is 24.6 Å². The number of anilines is 1. The number of aliphatic carboxylic acids is 1. The Hall–Kier alpha value is -4.66. The monoisotopic (exact) mass is 593 g/mol. The molecule has 43 heavy (non-hydrogen) atoms. The van der Waals surface area contributed by atoms with Crippen LogP contribution in [0.5, 0.6) is 5.75 Å². The number of para-hydroxylation sites is 1. The standard InChI is InChI=1S/C34H28ClN3O5/c1-18-11-12-20(15-25(18)35)38-31(39)28-29(32(38)40)34(33(41)42,16-19-17-36-26-10-6-5-7-21(19)26)37-30(28)24-13-14-27(43-2)23-9-4-3-8-22(23)24/h3-15,17,28-30,36-37H,16H2,1-2H3,(H,41,42). The van der Waals surface area contributed by atoms with Gasteiger partial charge in [0.25, 0.3) is 0 Å². The Kier molecular flexibility index (Phi) is 6.30. The normalized spacial score (nSPS) is 23.3. The van der Waals surface area contributed by atoms with Crippen molar-refractivity contribution in [3.05, 3.63) is 107 Å². The first kappa shape index (κ1) is 27.2. The summed E-state index contributed by atoms with van der Waals surface area (Å²) in [6, 6.07) is 23.1. The van der Waals surface area contributed by atoms with Crippen LogP contribution in [0.4, 0.5) is 5.69 Å². The molecule has 2 saturated heterocycles. The third-order valence-electron chi connectivity index (χ3n) is 9.07. The van der Waals surface area contributed by atoms with Gasteiger partial charge >= 0.3 is 5.97 Å². The number of halogens is 1. The minimum absolute atomic E-state index is 0.0143. The summed E-state index contributed by atoms with van der Waals surface area (Å²) < 4.78 is 5.60. The molecule has 3 heterocycles. The lowest BCUT2D eigenvalue weighted by Crippen LogP contribution is -2.57. The molecule has 1 aromatic heterocycles. The molecule has 2 fully saturated rings. The van der Waals surface area contributed by atoms with E-state index in [1.54, 1.807) is 31.5 Å². The number of fused-ring (bicyclic) bond motifs is 3. The number of carboxylic acid groups (broad SMARTS) is 1. The Morgan fingerprint density at radius 3 is 2.42 bits per heavy atom. The van der Waals surface area contributed by atoms with Gasteiger partial charge in [0, 0.05) is 40.0 Å². The maximum atomic E-state index is 14.4. The molecular weight excluding hydrogens is 566 g/mol. The van der Waals surface area contributed by atoms with Crippen molar-refractivity contribution < 1.29 is 24.2 Å². The number of benzene rings is 4. The van der Waals surface area contributed by atoms with Gasteiger partial charge in [-0.3, -0.25) is 19.7 Å². The second-order valence-corrected chi connectivity index (χ2v) is 11.7. The van der Waals surface area contributed by atoms with Crippen molar-refractivity contribution in [2.75, 3.05) is 12.0 Å². The SMILES string of the molecule is COc1ccc(C2NC(Cc3c[nH]c4ccccc34)(C(=O)O)C3C(=O)N(c4ccc(C)c(Cl)c4)C(=O)C23)c2ccccc12. The summed E-state index contributed by atoms with van der Waals surface area (Å²) in [4.78, 5) is 46.5. The Bertz CT molecular complexity index is 1970. The number of rotatable bonds is 6. The fourth-order valence-corrected chi connectivity index (χ4v) is 7.18. The van der Waals surface area contributed by atoms with Crippen molar-refractivity contribution in [1.82, 2.24) is 10.3 Å². The Balaban J connectivity index is 1.44. The van der Waals surface area contributed by atoms with E-state index in [9.17, 15) is 19.5 Å². The van der Waals surface area contributed by atoms with Gasteiger partial charge in [-0.15, -0.1) is 0 Å². The van der Waals surface area contributed by atoms with Gasteiger partial charge in [0.2, 0.25) is 11.8 Å². The van der Waals surface area contributed by atoms with E-state index >= 15 is 0 Å². The summed E-state index contributed by atoms with van der Waals surface area (Å²) in [6.07, 6.45) is 1.76. The van der Waals surface area contributed by atoms with Crippen LogP contribution in [0.2, 0.25) is 5.02 Å². The van der Waals surface area contributed by atoms with Crippen molar-refractivity contribution in [1.29, 1.82) is 0 Å². The lowest BCUT2D eigenvalue weighted by atomic mass is 9.76. The van der Waals surface area contributed by atoms with Crippen molar-refractivity contribution in [3.8, 4) is 5.75 Å². The highest BCUT2D eigenvalue weighted by Gasteiger charge is 2.69. The van der Waals surface area contributed by atoms with Gasteiger partial charge < -0.3 is 14.8 Å². The lowest BCUT2D eigenvalue weighted by Gasteiger charge is -2.31. The highest BCUT2D eigenvalue weighted by molar-refractivity contribution is 6.32. The van der Waals surface area contributed by atoms with E-state index in [-0.39, 0.29) is 6.42 Å². The number of carbonyl (C=O) groups excluding carboxylic acids is 2. The van der Waals surface area contributed by atoms with Crippen molar-refractivity contribution in [3.63, 3.8) is 0 Å². The fraction of sp³-hybridized carbons (Fsp3) is 0.206. The van der Waals surface area contributed by atoms with Crippen LogP contribution in [-0.4, -0.2) is 40.5 Å². The first-order valence-electron chi connectivity index (χ1n) is 14.0. The molecule has 2 aliphatic heterocycles. The number of carbonyl (C=O) groups is 3. The molecule has 2 amide bonds. The highest BCUT2D eigenvalue weighted by Crippen LogP contribution is 2.52. The molecule has 9 heteroatoms. The molecule has 2 aliphatic rings. The minimum Gasteiger partial charge on any atom is -0.496 e. The second-order valence-electron chi connectivity index (χ2n) is 11.3. The van der Waals surface area contributed by atoms with Gasteiger partial charge in [-0.05, 0) is 53.3 Å². The van der Waals surface area contributed by atoms with Gasteiger partial charge in [-0.25, -0.2) is 4.90 Å². The topological polar surface area (TPSA) is 112 Å². The number of ether oxygens (including phenoxy) is 1. The average Bonchev–Trinajstić information content (AvgIpc) is 3.66. The van der Waals surface area contributed by atoms with Crippen LogP contribution in [0.25, 0.3) is 21.7 Å². The van der Waals surface area contributed by atoms with E-state index in [1.807, 2.05) is 67.6 Å². The zero-order chi connectivity index (χ0) is 30.0. The number of aryl methyl sites for hydroxylation is 1. The second kappa shape index (κ2) is 9.97. The molecule has 0 bridgehead atoms. The molecule has 3 N–H and O–H groups in total. The molecule has 4 aromatic carbocycles. The van der Waals surface area contributed by atoms with Crippen LogP contribution in [0.15, 0.2) is 85.1 Å². The summed E-state index contributed by atoms with van der Waals surface area (Å²) in [5.41, 5.74) is 1.66. The molecule has 0 radical (unpaired) electrons. The van der Waals surface area contributed by atoms with Crippen LogP contribution in [-0.2, 0) is 20.8 Å². The predicted molar refractivity (Wildman–Crippen MR) is 164 cm³/mol. The number of amides is 2. The smallest absolute Gasteiger partial charge is 0.325 e. The zero-order valence-corrected chi connectivity index (χ0v) is 24.2. The molecular formula is C34H28ClN3O5. The van der Waals surface area contributed by atoms with E-state index in [1.165, 1.54) is 0 Å². The molecule has 7 rings (SSSR count). The van der Waals surface area contributed by atoms with E-state index in [0.717, 1.165) is 43.3 Å². The number of hydrogen-bond acceptors (Lipinski definition) is 5. The highest BCUT2D eigenvalue weighted by atomic mass is 35.5. The molecule has 4 unspecified atom stereocenters. The third kappa shape index (κ3) is 3.97. The Labute approximate surface area is 252 Å². The molecule has 0 spiro atoms. The van der Waals surface area contributed by atoms with Crippen LogP contribution in [0.1, 0.15) is 22.7 Å². The minimum atomic E-state index is -1.78. The number of hydrogen-bond donors (Lipinski definition) is 3. The maximum Gasteiger partial charge on any atom is 0.325 e. The van der Waals surface area contributed by atoms with Gasteiger partial charge in [0.1, 0.15) is 11.3 Å².